The van der Waals surface area contributed by atoms with Gasteiger partial charge in [0, 0.05) is 55.6 Å². The zero-order valence-corrected chi connectivity index (χ0v) is 22.5. The zero-order valence-electron chi connectivity index (χ0n) is 22.5. The largest absolute Gasteiger partial charge is 0.444 e. The van der Waals surface area contributed by atoms with E-state index in [9.17, 15) is 10.1 Å². The molecule has 0 saturated carbocycles. The second-order valence-corrected chi connectivity index (χ2v) is 12.0. The number of H-pyrrole nitrogens is 1. The van der Waals surface area contributed by atoms with Gasteiger partial charge in [-0.15, -0.1) is 0 Å². The monoisotopic (exact) mass is 514 g/mol. The molecule has 0 radical (unpaired) electrons. The van der Waals surface area contributed by atoms with Crippen LogP contribution in [0.5, 0.6) is 0 Å². The van der Waals surface area contributed by atoms with Gasteiger partial charge in [0.05, 0.1) is 17.4 Å². The smallest absolute Gasteiger partial charge is 0.410 e. The van der Waals surface area contributed by atoms with Crippen LogP contribution in [0.1, 0.15) is 51.2 Å². The number of nitrogens with one attached hydrogen (secondary N) is 1. The minimum absolute atomic E-state index is 0.0109. The third-order valence-corrected chi connectivity index (χ3v) is 7.89. The first-order valence-electron chi connectivity index (χ1n) is 13.4. The summed E-state index contributed by atoms with van der Waals surface area (Å²) in [5, 5.41) is 18.7. The van der Waals surface area contributed by atoms with Crippen LogP contribution in [0.25, 0.3) is 22.2 Å². The van der Waals surface area contributed by atoms with Gasteiger partial charge in [-0.05, 0) is 58.6 Å². The number of rotatable bonds is 3. The van der Waals surface area contributed by atoms with E-state index in [0.29, 0.717) is 36.1 Å². The van der Waals surface area contributed by atoms with Gasteiger partial charge in [-0.3, -0.25) is 5.10 Å². The first kappa shape index (κ1) is 24.5. The number of aryl methyl sites for hydroxylation is 1. The fourth-order valence-corrected chi connectivity index (χ4v) is 6.04. The summed E-state index contributed by atoms with van der Waals surface area (Å²) in [6.07, 6.45) is 4.70. The summed E-state index contributed by atoms with van der Waals surface area (Å²) in [7, 11) is 0. The molecule has 0 bridgehead atoms. The van der Waals surface area contributed by atoms with Crippen LogP contribution in [0.15, 0.2) is 18.3 Å². The molecule has 3 aromatic rings. The highest BCUT2D eigenvalue weighted by Gasteiger charge is 2.51. The van der Waals surface area contributed by atoms with Gasteiger partial charge in [0.2, 0.25) is 5.95 Å². The number of likely N-dealkylation sites (tertiary alicyclic amines) is 1. The second-order valence-electron chi connectivity index (χ2n) is 12.0. The highest BCUT2D eigenvalue weighted by atomic mass is 16.6. The summed E-state index contributed by atoms with van der Waals surface area (Å²) in [5.74, 6) is 1.36. The summed E-state index contributed by atoms with van der Waals surface area (Å²) in [6, 6.07) is 6.51. The summed E-state index contributed by atoms with van der Waals surface area (Å²) >= 11 is 0. The molecule has 0 atom stereocenters. The minimum Gasteiger partial charge on any atom is -0.444 e. The van der Waals surface area contributed by atoms with Gasteiger partial charge in [0.1, 0.15) is 17.2 Å². The van der Waals surface area contributed by atoms with Crippen LogP contribution >= 0.6 is 0 Å². The molecule has 6 rings (SSSR count). The first-order chi connectivity index (χ1) is 18.2. The highest BCUT2D eigenvalue weighted by molar-refractivity contribution is 5.97. The third-order valence-electron chi connectivity index (χ3n) is 7.89. The van der Waals surface area contributed by atoms with E-state index in [2.05, 4.69) is 26.1 Å². The molecular weight excluding hydrogens is 480 g/mol. The summed E-state index contributed by atoms with van der Waals surface area (Å²) in [6.45, 7) is 12.4. The molecule has 10 nitrogen and oxygen atoms in total. The molecule has 0 unspecified atom stereocenters. The van der Waals surface area contributed by atoms with Crippen molar-refractivity contribution >= 4 is 28.8 Å². The van der Waals surface area contributed by atoms with Gasteiger partial charge >= 0.3 is 6.09 Å². The Kier molecular flexibility index (Phi) is 5.70. The van der Waals surface area contributed by atoms with E-state index < -0.39 is 5.60 Å². The van der Waals surface area contributed by atoms with Crippen molar-refractivity contribution in [2.45, 2.75) is 52.6 Å². The number of hydrogen-bond acceptors (Lipinski definition) is 8. The Bertz CT molecular complexity index is 1440. The molecule has 1 aromatic carbocycles. The number of nitrogens with zero attached hydrogens (tertiary/aromatic N) is 7. The topological polar surface area (TPSA) is 114 Å². The summed E-state index contributed by atoms with van der Waals surface area (Å²) in [5.41, 5.74) is 3.50. The zero-order chi connectivity index (χ0) is 26.7. The average Bonchev–Trinajstić information content (AvgIpc) is 3.62. The predicted molar refractivity (Wildman–Crippen MR) is 145 cm³/mol. The minimum atomic E-state index is -0.511. The number of benzene rings is 1. The summed E-state index contributed by atoms with van der Waals surface area (Å²) < 4.78 is 5.57. The van der Waals surface area contributed by atoms with Crippen molar-refractivity contribution in [1.29, 1.82) is 5.26 Å². The highest BCUT2D eigenvalue weighted by Crippen LogP contribution is 2.44. The average molecular weight is 515 g/mol. The van der Waals surface area contributed by atoms with Crippen molar-refractivity contribution in [2.75, 3.05) is 49.1 Å². The number of carbonyl (C=O) groups is 1. The fraction of sp³-hybridized carbons (Fsp3) is 0.536. The van der Waals surface area contributed by atoms with E-state index in [4.69, 9.17) is 14.7 Å². The van der Waals surface area contributed by atoms with Gasteiger partial charge in [-0.2, -0.15) is 15.3 Å². The quantitative estimate of drug-likeness (QED) is 0.552. The molecular formula is C28H34N8O2. The Hall–Kier alpha value is -3.87. The van der Waals surface area contributed by atoms with Crippen LogP contribution in [-0.2, 0) is 4.74 Å². The van der Waals surface area contributed by atoms with Crippen LogP contribution in [0.2, 0.25) is 0 Å². The molecule has 198 valence electrons. The standard InChI is InChI=1S/C28H34N8O2/c1-18-7-8-21-20(14-30-33-21)22(18)23-19(13-29)24(32-25(31-23)34-10-5-6-11-34)35-12-9-28(15-35)16-36(17-28)26(37)38-27(2,3)4/h7-8,14H,5-6,9-12,15-17H2,1-4H3,(H,30,33). The van der Waals surface area contributed by atoms with Crippen molar-refractivity contribution in [2.24, 2.45) is 5.41 Å². The Morgan fingerprint density at radius 1 is 1.11 bits per heavy atom. The Morgan fingerprint density at radius 2 is 1.87 bits per heavy atom. The summed E-state index contributed by atoms with van der Waals surface area (Å²) in [4.78, 5) is 28.8. The SMILES string of the molecule is Cc1ccc2[nH]ncc2c1-c1nc(N2CCCC2)nc(N2CCC3(CN(C(=O)OC(C)(C)C)C3)C2)c1C#N. The van der Waals surface area contributed by atoms with Crippen LogP contribution in [-0.4, -0.2) is 76.0 Å². The lowest BCUT2D eigenvalue weighted by atomic mass is 9.79. The Labute approximate surface area is 222 Å². The van der Waals surface area contributed by atoms with Gasteiger partial charge in [0.25, 0.3) is 0 Å². The fourth-order valence-electron chi connectivity index (χ4n) is 6.04. The predicted octanol–water partition coefficient (Wildman–Crippen LogP) is 4.25. The van der Waals surface area contributed by atoms with Gasteiger partial charge in [-0.1, -0.05) is 6.07 Å². The van der Waals surface area contributed by atoms with Crippen molar-refractivity contribution in [1.82, 2.24) is 25.1 Å². The normalized spacial score (nSPS) is 18.8. The van der Waals surface area contributed by atoms with E-state index in [-0.39, 0.29) is 11.5 Å². The van der Waals surface area contributed by atoms with E-state index in [0.717, 1.165) is 67.5 Å². The van der Waals surface area contributed by atoms with E-state index in [1.807, 2.05) is 39.8 Å². The lowest BCUT2D eigenvalue weighted by Crippen LogP contribution is -2.60. The van der Waals surface area contributed by atoms with Crippen LogP contribution in [0, 0.1) is 23.7 Å². The maximum atomic E-state index is 12.6. The maximum Gasteiger partial charge on any atom is 0.410 e. The molecule has 2 aromatic heterocycles. The molecule has 1 amide bonds. The molecule has 1 N–H and O–H groups in total. The number of ether oxygens (including phenoxy) is 1. The van der Waals surface area contributed by atoms with Gasteiger partial charge in [-0.25, -0.2) is 9.78 Å². The van der Waals surface area contributed by atoms with Crippen LogP contribution in [0.4, 0.5) is 16.6 Å². The molecule has 3 aliphatic heterocycles. The number of aromatic amines is 1. The molecule has 38 heavy (non-hydrogen) atoms. The van der Waals surface area contributed by atoms with Gasteiger partial charge in [0.15, 0.2) is 5.82 Å². The molecule has 3 saturated heterocycles. The molecule has 0 aliphatic carbocycles. The number of carbonyl (C=O) groups excluding carboxylic acids is 1. The molecule has 1 spiro atoms. The lowest BCUT2D eigenvalue weighted by Gasteiger charge is -2.47. The Balaban J connectivity index is 1.37. The van der Waals surface area contributed by atoms with Crippen molar-refractivity contribution in [3.63, 3.8) is 0 Å². The third kappa shape index (κ3) is 4.20. The molecule has 5 heterocycles. The number of amides is 1. The van der Waals surface area contributed by atoms with Crippen molar-refractivity contribution < 1.29 is 9.53 Å². The van der Waals surface area contributed by atoms with E-state index >= 15 is 0 Å². The van der Waals surface area contributed by atoms with Crippen molar-refractivity contribution in [3.05, 3.63) is 29.5 Å². The number of nitriles is 1. The second kappa shape index (κ2) is 8.86. The molecule has 10 heteroatoms. The van der Waals surface area contributed by atoms with Crippen LogP contribution in [0.3, 0.4) is 0 Å². The number of anilines is 2. The van der Waals surface area contributed by atoms with E-state index in [1.165, 1.54) is 0 Å². The first-order valence-corrected chi connectivity index (χ1v) is 13.4. The molecule has 3 fully saturated rings. The molecule has 3 aliphatic rings. The van der Waals surface area contributed by atoms with Gasteiger partial charge < -0.3 is 19.4 Å². The number of fused-ring (bicyclic) bond motifs is 1. The maximum absolute atomic E-state index is 12.6. The number of hydrogen-bond donors (Lipinski definition) is 1. The van der Waals surface area contributed by atoms with E-state index in [1.54, 1.807) is 11.1 Å². The Morgan fingerprint density at radius 3 is 2.58 bits per heavy atom. The van der Waals surface area contributed by atoms with Crippen LogP contribution < -0.4 is 9.80 Å². The van der Waals surface area contributed by atoms with Crippen molar-refractivity contribution in [3.8, 4) is 17.3 Å². The number of aromatic nitrogens is 4. The lowest BCUT2D eigenvalue weighted by molar-refractivity contribution is -0.0266.